The van der Waals surface area contributed by atoms with Gasteiger partial charge in [0, 0.05) is 17.1 Å². The Morgan fingerprint density at radius 1 is 1.11 bits per heavy atom. The number of hydrogen-bond acceptors (Lipinski definition) is 2. The summed E-state index contributed by atoms with van der Waals surface area (Å²) in [7, 11) is 0. The van der Waals surface area contributed by atoms with Crippen LogP contribution in [0.25, 0.3) is 10.9 Å². The van der Waals surface area contributed by atoms with Gasteiger partial charge in [0.2, 0.25) is 0 Å². The van der Waals surface area contributed by atoms with Gasteiger partial charge in [-0.25, -0.2) is 0 Å². The minimum Gasteiger partial charge on any atom is -0.388 e. The number of para-hydroxylation sites is 1. The van der Waals surface area contributed by atoms with Crippen molar-refractivity contribution in [3.63, 3.8) is 0 Å². The third-order valence-electron chi connectivity index (χ3n) is 4.61. The van der Waals surface area contributed by atoms with Gasteiger partial charge in [-0.3, -0.25) is 4.98 Å². The minimum atomic E-state index is -0.411. The molecule has 0 radical (unpaired) electrons. The minimum absolute atomic E-state index is 0.00402. The van der Waals surface area contributed by atoms with Crippen LogP contribution < -0.4 is 0 Å². The van der Waals surface area contributed by atoms with Crippen LogP contribution in [0.5, 0.6) is 0 Å². The third-order valence-corrected chi connectivity index (χ3v) is 4.61. The Kier molecular flexibility index (Phi) is 3.28. The van der Waals surface area contributed by atoms with Crippen LogP contribution in [-0.2, 0) is 0 Å². The largest absolute Gasteiger partial charge is 0.388 e. The van der Waals surface area contributed by atoms with E-state index in [1.54, 1.807) is 0 Å². The van der Waals surface area contributed by atoms with Gasteiger partial charge < -0.3 is 5.11 Å². The smallest absolute Gasteiger partial charge is 0.0864 e. The molecule has 1 N–H and O–H groups in total. The van der Waals surface area contributed by atoms with Crippen molar-refractivity contribution in [3.05, 3.63) is 42.1 Å². The molecular weight excluding hydrogens is 234 g/mol. The Morgan fingerprint density at radius 3 is 2.63 bits per heavy atom. The molecule has 1 unspecified atom stereocenters. The summed E-state index contributed by atoms with van der Waals surface area (Å²) in [5, 5.41) is 12.0. The first-order valence-electron chi connectivity index (χ1n) is 7.22. The normalized spacial score (nSPS) is 20.3. The van der Waals surface area contributed by atoms with Crippen LogP contribution in [0.4, 0.5) is 0 Å². The van der Waals surface area contributed by atoms with E-state index >= 15 is 0 Å². The Morgan fingerprint density at radius 2 is 1.84 bits per heavy atom. The van der Waals surface area contributed by atoms with Gasteiger partial charge in [0.1, 0.15) is 0 Å². The molecule has 1 atom stereocenters. The van der Waals surface area contributed by atoms with E-state index in [-0.39, 0.29) is 5.41 Å². The Balaban J connectivity index is 2.03. The molecule has 0 aliphatic heterocycles. The van der Waals surface area contributed by atoms with E-state index in [0.717, 1.165) is 29.3 Å². The number of aromatic nitrogens is 1. The molecular formula is C17H21NO. The molecule has 0 spiro atoms. The van der Waals surface area contributed by atoms with Crippen molar-refractivity contribution < 1.29 is 5.11 Å². The Bertz CT molecular complexity index is 567. The number of benzene rings is 1. The summed E-state index contributed by atoms with van der Waals surface area (Å²) in [5.41, 5.74) is 1.94. The monoisotopic (exact) mass is 255 g/mol. The average Bonchev–Trinajstić information content (AvgIpc) is 2.47. The molecule has 19 heavy (non-hydrogen) atoms. The molecule has 0 saturated heterocycles. The molecule has 2 heteroatoms. The van der Waals surface area contributed by atoms with Gasteiger partial charge in [0.15, 0.2) is 0 Å². The Hall–Kier alpha value is -1.41. The highest BCUT2D eigenvalue weighted by Gasteiger charge is 2.36. The summed E-state index contributed by atoms with van der Waals surface area (Å²) in [6.07, 6.45) is 7.37. The van der Waals surface area contributed by atoms with Crippen LogP contribution in [0, 0.1) is 5.41 Å². The topological polar surface area (TPSA) is 33.1 Å². The van der Waals surface area contributed by atoms with E-state index < -0.39 is 6.10 Å². The molecule has 3 rings (SSSR count). The van der Waals surface area contributed by atoms with Crippen molar-refractivity contribution in [2.75, 3.05) is 0 Å². The molecule has 1 aliphatic rings. The summed E-state index contributed by atoms with van der Waals surface area (Å²) in [6.45, 7) is 2.22. The molecule has 1 aromatic heterocycles. The fourth-order valence-electron chi connectivity index (χ4n) is 3.36. The van der Waals surface area contributed by atoms with Crippen LogP contribution in [-0.4, -0.2) is 10.1 Å². The predicted molar refractivity (Wildman–Crippen MR) is 77.9 cm³/mol. The second-order valence-electron chi connectivity index (χ2n) is 6.04. The fourth-order valence-corrected chi connectivity index (χ4v) is 3.36. The predicted octanol–water partition coefficient (Wildman–Crippen LogP) is 4.24. The molecule has 0 amide bonds. The highest BCUT2D eigenvalue weighted by atomic mass is 16.3. The van der Waals surface area contributed by atoms with Gasteiger partial charge in [0.25, 0.3) is 0 Å². The van der Waals surface area contributed by atoms with Crippen molar-refractivity contribution in [2.24, 2.45) is 5.41 Å². The maximum Gasteiger partial charge on any atom is 0.0864 e. The van der Waals surface area contributed by atoms with Gasteiger partial charge in [0.05, 0.1) is 11.6 Å². The number of pyridine rings is 1. The molecule has 0 bridgehead atoms. The van der Waals surface area contributed by atoms with Gasteiger partial charge >= 0.3 is 0 Å². The number of fused-ring (bicyclic) bond motifs is 1. The van der Waals surface area contributed by atoms with Crippen LogP contribution in [0.3, 0.4) is 0 Å². The molecule has 2 nitrogen and oxygen atoms in total. The molecule has 1 saturated carbocycles. The quantitative estimate of drug-likeness (QED) is 0.870. The number of aliphatic hydroxyl groups excluding tert-OH is 1. The number of aliphatic hydroxyl groups is 1. The second-order valence-corrected chi connectivity index (χ2v) is 6.04. The van der Waals surface area contributed by atoms with E-state index in [1.807, 2.05) is 24.4 Å². The van der Waals surface area contributed by atoms with Crippen molar-refractivity contribution in [1.29, 1.82) is 0 Å². The van der Waals surface area contributed by atoms with E-state index in [2.05, 4.69) is 24.0 Å². The summed E-state index contributed by atoms with van der Waals surface area (Å²) < 4.78 is 0. The molecule has 1 aliphatic carbocycles. The van der Waals surface area contributed by atoms with Gasteiger partial charge in [-0.2, -0.15) is 0 Å². The second kappa shape index (κ2) is 4.93. The molecule has 1 heterocycles. The zero-order valence-electron chi connectivity index (χ0n) is 11.5. The number of nitrogens with zero attached hydrogens (tertiary/aromatic N) is 1. The van der Waals surface area contributed by atoms with E-state index in [0.29, 0.717) is 0 Å². The first-order valence-corrected chi connectivity index (χ1v) is 7.22. The molecule has 100 valence electrons. The summed E-state index contributed by atoms with van der Waals surface area (Å²) in [4.78, 5) is 4.47. The van der Waals surface area contributed by atoms with E-state index in [1.165, 1.54) is 19.3 Å². The van der Waals surface area contributed by atoms with Gasteiger partial charge in [-0.15, -0.1) is 0 Å². The van der Waals surface area contributed by atoms with Gasteiger partial charge in [-0.05, 0) is 24.3 Å². The lowest BCUT2D eigenvalue weighted by Crippen LogP contribution is -2.28. The van der Waals surface area contributed by atoms with Crippen molar-refractivity contribution in [2.45, 2.75) is 45.1 Å². The number of rotatable bonds is 2. The number of hydrogen-bond donors (Lipinski definition) is 1. The molecule has 2 aromatic rings. The lowest BCUT2D eigenvalue weighted by molar-refractivity contribution is 0.00908. The standard InChI is InChI=1S/C17H21NO/c1-17(10-3-2-4-11-17)16(19)14-9-5-7-13-8-6-12-18-15(13)14/h5-9,12,16,19H,2-4,10-11H2,1H3. The van der Waals surface area contributed by atoms with E-state index in [9.17, 15) is 5.11 Å². The zero-order chi connectivity index (χ0) is 13.3. The summed E-state index contributed by atoms with van der Waals surface area (Å²) in [6, 6.07) is 10.1. The lowest BCUT2D eigenvalue weighted by atomic mass is 9.70. The van der Waals surface area contributed by atoms with E-state index in [4.69, 9.17) is 0 Å². The van der Waals surface area contributed by atoms with Crippen LogP contribution in [0.15, 0.2) is 36.5 Å². The lowest BCUT2D eigenvalue weighted by Gasteiger charge is -2.38. The van der Waals surface area contributed by atoms with Crippen molar-refractivity contribution in [3.8, 4) is 0 Å². The van der Waals surface area contributed by atoms with Crippen LogP contribution in [0.2, 0.25) is 0 Å². The van der Waals surface area contributed by atoms with Crippen molar-refractivity contribution >= 4 is 10.9 Å². The molecule has 1 fully saturated rings. The first-order chi connectivity index (χ1) is 9.21. The van der Waals surface area contributed by atoms with Gasteiger partial charge in [-0.1, -0.05) is 50.5 Å². The average molecular weight is 255 g/mol. The Labute approximate surface area is 114 Å². The fraction of sp³-hybridized carbons (Fsp3) is 0.471. The maximum atomic E-state index is 10.9. The maximum absolute atomic E-state index is 10.9. The summed E-state index contributed by atoms with van der Waals surface area (Å²) in [5.74, 6) is 0. The SMILES string of the molecule is CC1(C(O)c2cccc3cccnc23)CCCCC1. The zero-order valence-corrected chi connectivity index (χ0v) is 11.5. The van der Waals surface area contributed by atoms with Crippen LogP contribution in [0.1, 0.15) is 50.7 Å². The highest BCUT2D eigenvalue weighted by Crippen LogP contribution is 2.46. The molecule has 1 aromatic carbocycles. The summed E-state index contributed by atoms with van der Waals surface area (Å²) >= 11 is 0. The van der Waals surface area contributed by atoms with Crippen molar-refractivity contribution in [1.82, 2.24) is 4.98 Å². The first kappa shape index (κ1) is 12.6. The van der Waals surface area contributed by atoms with Crippen LogP contribution >= 0.6 is 0 Å². The third kappa shape index (κ3) is 2.25. The highest BCUT2D eigenvalue weighted by molar-refractivity contribution is 5.81.